The third kappa shape index (κ3) is 2.92. The average molecular weight is 206 g/mol. The first-order valence-electron chi connectivity index (χ1n) is 4.09. The van der Waals surface area contributed by atoms with Crippen molar-refractivity contribution >= 4 is 12.3 Å². The molecule has 1 rings (SSSR count). The first-order valence-corrected chi connectivity index (χ1v) is 4.09. The molecule has 0 aliphatic rings. The quantitative estimate of drug-likeness (QED) is 0.588. The molecule has 0 atom stereocenters. The van der Waals surface area contributed by atoms with E-state index >= 15 is 0 Å². The van der Waals surface area contributed by atoms with Crippen LogP contribution >= 0.6 is 0 Å². The van der Waals surface area contributed by atoms with Crippen LogP contribution in [0.2, 0.25) is 0 Å². The summed E-state index contributed by atoms with van der Waals surface area (Å²) in [6.45, 7) is 0. The van der Waals surface area contributed by atoms with Crippen molar-refractivity contribution in [1.29, 1.82) is 0 Å². The number of rotatable bonds is 2. The third-order valence-corrected chi connectivity index (χ3v) is 1.63. The number of carbonyl (C=O) groups excluding carboxylic acids is 1. The van der Waals surface area contributed by atoms with Gasteiger partial charge in [-0.3, -0.25) is 9.59 Å². The van der Waals surface area contributed by atoms with Crippen LogP contribution in [0.15, 0.2) is 18.2 Å². The topological polar surface area (TPSA) is 54.4 Å². The van der Waals surface area contributed by atoms with Crippen molar-refractivity contribution in [3.63, 3.8) is 0 Å². The number of carboxylic acid groups (broad SMARTS) is 1. The van der Waals surface area contributed by atoms with Crippen LogP contribution in [-0.2, 0) is 4.79 Å². The van der Waals surface area contributed by atoms with Crippen molar-refractivity contribution in [2.24, 2.45) is 0 Å². The molecule has 0 heterocycles. The number of carboxylic acids is 1. The standard InChI is InChI=1S/C11H7FO3/c12-10-5-1-3-8(9(10)7-13)4-2-6-11(14)15/h1,3,5,7H,6H2,(H,14,15). The molecular formula is C11H7FO3. The SMILES string of the molecule is O=Cc1c(F)cccc1C#CCC(=O)O. The number of aliphatic carboxylic acids is 1. The lowest BCUT2D eigenvalue weighted by atomic mass is 10.1. The fourth-order valence-electron chi connectivity index (χ4n) is 0.981. The fraction of sp³-hybridized carbons (Fsp3) is 0.0909. The van der Waals surface area contributed by atoms with Crippen LogP contribution in [0.5, 0.6) is 0 Å². The van der Waals surface area contributed by atoms with E-state index in [1.165, 1.54) is 12.1 Å². The van der Waals surface area contributed by atoms with Gasteiger partial charge in [-0.1, -0.05) is 17.9 Å². The minimum Gasteiger partial charge on any atom is -0.481 e. The number of carbonyl (C=O) groups is 2. The van der Waals surface area contributed by atoms with E-state index in [2.05, 4.69) is 11.8 Å². The second kappa shape index (κ2) is 4.91. The second-order valence-electron chi connectivity index (χ2n) is 2.69. The third-order valence-electron chi connectivity index (χ3n) is 1.63. The van der Waals surface area contributed by atoms with E-state index in [0.717, 1.165) is 6.07 Å². The maximum absolute atomic E-state index is 13.0. The molecule has 0 saturated carbocycles. The van der Waals surface area contributed by atoms with Gasteiger partial charge in [0.2, 0.25) is 0 Å². The Hall–Kier alpha value is -2.15. The van der Waals surface area contributed by atoms with Crippen molar-refractivity contribution in [2.75, 3.05) is 0 Å². The number of halogens is 1. The molecule has 0 fully saturated rings. The highest BCUT2D eigenvalue weighted by Crippen LogP contribution is 2.09. The molecule has 0 unspecified atom stereocenters. The Kier molecular flexibility index (Phi) is 3.58. The zero-order valence-electron chi connectivity index (χ0n) is 7.66. The van der Waals surface area contributed by atoms with Gasteiger partial charge in [0.1, 0.15) is 12.2 Å². The molecular weight excluding hydrogens is 199 g/mol. The summed E-state index contributed by atoms with van der Waals surface area (Å²) >= 11 is 0. The van der Waals surface area contributed by atoms with Crippen molar-refractivity contribution in [3.8, 4) is 11.8 Å². The van der Waals surface area contributed by atoms with Gasteiger partial charge in [-0.15, -0.1) is 0 Å². The summed E-state index contributed by atoms with van der Waals surface area (Å²) in [7, 11) is 0. The molecule has 0 amide bonds. The Labute approximate surface area is 85.5 Å². The first-order chi connectivity index (χ1) is 7.15. The van der Waals surface area contributed by atoms with E-state index < -0.39 is 11.8 Å². The van der Waals surface area contributed by atoms with Gasteiger partial charge in [0, 0.05) is 5.56 Å². The fourth-order valence-corrected chi connectivity index (χ4v) is 0.981. The number of benzene rings is 1. The molecule has 15 heavy (non-hydrogen) atoms. The van der Waals surface area contributed by atoms with Crippen molar-refractivity contribution in [3.05, 3.63) is 35.1 Å². The Morgan fingerprint density at radius 3 is 2.87 bits per heavy atom. The molecule has 4 heteroatoms. The molecule has 0 saturated heterocycles. The largest absolute Gasteiger partial charge is 0.481 e. The minimum absolute atomic E-state index is 0.143. The zero-order valence-corrected chi connectivity index (χ0v) is 7.66. The Balaban J connectivity index is 3.02. The molecule has 1 aromatic rings. The molecule has 0 aliphatic carbocycles. The molecule has 76 valence electrons. The van der Waals surface area contributed by atoms with E-state index in [0.29, 0.717) is 6.29 Å². The van der Waals surface area contributed by atoms with E-state index in [1.54, 1.807) is 0 Å². The maximum Gasteiger partial charge on any atom is 0.315 e. The van der Waals surface area contributed by atoms with Gasteiger partial charge in [-0.05, 0) is 12.1 Å². The highest BCUT2D eigenvalue weighted by Gasteiger charge is 2.04. The van der Waals surface area contributed by atoms with Gasteiger partial charge in [0.15, 0.2) is 6.29 Å². The van der Waals surface area contributed by atoms with Crippen molar-refractivity contribution in [1.82, 2.24) is 0 Å². The summed E-state index contributed by atoms with van der Waals surface area (Å²) < 4.78 is 13.0. The molecule has 0 bridgehead atoms. The first kappa shape index (κ1) is 10.9. The highest BCUT2D eigenvalue weighted by atomic mass is 19.1. The van der Waals surface area contributed by atoms with Gasteiger partial charge in [0.25, 0.3) is 0 Å². The van der Waals surface area contributed by atoms with Gasteiger partial charge >= 0.3 is 5.97 Å². The zero-order chi connectivity index (χ0) is 11.3. The molecule has 3 nitrogen and oxygen atoms in total. The van der Waals surface area contributed by atoms with Gasteiger partial charge in [-0.25, -0.2) is 4.39 Å². The summed E-state index contributed by atoms with van der Waals surface area (Å²) in [5.74, 6) is 3.04. The summed E-state index contributed by atoms with van der Waals surface area (Å²) in [6.07, 6.45) is 0.0227. The van der Waals surface area contributed by atoms with Crippen LogP contribution < -0.4 is 0 Å². The molecule has 1 N–H and O–H groups in total. The van der Waals surface area contributed by atoms with E-state index in [1.807, 2.05) is 0 Å². The van der Waals surface area contributed by atoms with Crippen LogP contribution in [0.4, 0.5) is 4.39 Å². The van der Waals surface area contributed by atoms with Crippen molar-refractivity contribution < 1.29 is 19.1 Å². The predicted octanol–water partition coefficient (Wildman–Crippen LogP) is 1.46. The monoisotopic (exact) mass is 206 g/mol. The summed E-state index contributed by atoms with van der Waals surface area (Å²) in [4.78, 5) is 20.7. The Morgan fingerprint density at radius 1 is 1.53 bits per heavy atom. The lowest BCUT2D eigenvalue weighted by Crippen LogP contribution is -1.93. The highest BCUT2D eigenvalue weighted by molar-refractivity contribution is 5.80. The Morgan fingerprint density at radius 2 is 2.27 bits per heavy atom. The van der Waals surface area contributed by atoms with Crippen LogP contribution in [0.25, 0.3) is 0 Å². The number of hydrogen-bond donors (Lipinski definition) is 1. The molecule has 0 radical (unpaired) electrons. The molecule has 0 aromatic heterocycles. The van der Waals surface area contributed by atoms with E-state index in [-0.39, 0.29) is 17.5 Å². The number of hydrogen-bond acceptors (Lipinski definition) is 2. The second-order valence-corrected chi connectivity index (χ2v) is 2.69. The summed E-state index contributed by atoms with van der Waals surface area (Å²) in [6, 6.07) is 4.01. The van der Waals surface area contributed by atoms with Gasteiger partial charge in [-0.2, -0.15) is 0 Å². The Bertz CT molecular complexity index is 455. The van der Waals surface area contributed by atoms with Crippen LogP contribution in [0, 0.1) is 17.7 Å². The van der Waals surface area contributed by atoms with Crippen molar-refractivity contribution in [2.45, 2.75) is 6.42 Å². The summed E-state index contributed by atoms with van der Waals surface area (Å²) in [5, 5.41) is 8.33. The van der Waals surface area contributed by atoms with Crippen LogP contribution in [0.3, 0.4) is 0 Å². The summed E-state index contributed by atoms with van der Waals surface area (Å²) in [5.41, 5.74) is 0.0571. The lowest BCUT2D eigenvalue weighted by molar-refractivity contribution is -0.135. The van der Waals surface area contributed by atoms with Crippen LogP contribution in [-0.4, -0.2) is 17.4 Å². The molecule has 1 aromatic carbocycles. The minimum atomic E-state index is -1.06. The average Bonchev–Trinajstić information content (AvgIpc) is 2.17. The number of aldehydes is 1. The van der Waals surface area contributed by atoms with Gasteiger partial charge < -0.3 is 5.11 Å². The lowest BCUT2D eigenvalue weighted by Gasteiger charge is -1.96. The van der Waals surface area contributed by atoms with Crippen LogP contribution in [0.1, 0.15) is 22.3 Å². The predicted molar refractivity (Wildman–Crippen MR) is 50.9 cm³/mol. The van der Waals surface area contributed by atoms with Gasteiger partial charge in [0.05, 0.1) is 5.56 Å². The van der Waals surface area contributed by atoms with E-state index in [4.69, 9.17) is 5.11 Å². The molecule has 0 spiro atoms. The maximum atomic E-state index is 13.0. The van der Waals surface area contributed by atoms with E-state index in [9.17, 15) is 14.0 Å². The molecule has 0 aliphatic heterocycles. The smallest absolute Gasteiger partial charge is 0.315 e. The normalized spacial score (nSPS) is 8.87.